The summed E-state index contributed by atoms with van der Waals surface area (Å²) in [4.78, 5) is 27.0. The highest BCUT2D eigenvalue weighted by Gasteiger charge is 2.29. The number of carbonyl (C=O) groups is 2. The van der Waals surface area contributed by atoms with Gasteiger partial charge in [-0.3, -0.25) is 9.59 Å². The fourth-order valence-electron chi connectivity index (χ4n) is 3.57. The van der Waals surface area contributed by atoms with Crippen molar-refractivity contribution in [2.45, 2.75) is 56.8 Å². The number of piperidine rings is 1. The number of unbranched alkanes of at least 4 members (excludes halogenated alkanes) is 3. The Bertz CT molecular complexity index is 878. The maximum absolute atomic E-state index is 12.9. The monoisotopic (exact) mass is 448 g/mol. The van der Waals surface area contributed by atoms with Crippen LogP contribution in [0.15, 0.2) is 29.2 Å². The summed E-state index contributed by atoms with van der Waals surface area (Å²) < 4.78 is 26.7. The first-order valence-electron chi connectivity index (χ1n) is 10.9. The summed E-state index contributed by atoms with van der Waals surface area (Å²) in [5, 5.41) is 11.5. The van der Waals surface area contributed by atoms with Crippen molar-refractivity contribution in [3.05, 3.63) is 29.8 Å². The number of carbonyl (C=O) groups excluding carboxylic acids is 2. The predicted molar refractivity (Wildman–Crippen MR) is 118 cm³/mol. The van der Waals surface area contributed by atoms with Gasteiger partial charge in [-0.2, -0.15) is 5.26 Å². The van der Waals surface area contributed by atoms with Crippen molar-refractivity contribution in [2.24, 2.45) is 5.92 Å². The van der Waals surface area contributed by atoms with Crippen LogP contribution in [-0.2, 0) is 14.8 Å². The Morgan fingerprint density at radius 2 is 1.90 bits per heavy atom. The summed E-state index contributed by atoms with van der Waals surface area (Å²) in [7, 11) is -3.71. The Morgan fingerprint density at radius 1 is 1.16 bits per heavy atom. The summed E-state index contributed by atoms with van der Waals surface area (Å²) in [6.45, 7) is 3.80. The first-order valence-corrected chi connectivity index (χ1v) is 12.4. The Balaban J connectivity index is 1.92. The maximum atomic E-state index is 12.9. The third-order valence-corrected chi connectivity index (χ3v) is 6.83. The van der Waals surface area contributed by atoms with Crippen molar-refractivity contribution in [1.82, 2.24) is 14.9 Å². The Kier molecular flexibility index (Phi) is 9.95. The van der Waals surface area contributed by atoms with E-state index in [1.807, 2.05) is 6.07 Å². The second-order valence-electron chi connectivity index (χ2n) is 7.77. The number of nitriles is 1. The van der Waals surface area contributed by atoms with Gasteiger partial charge < -0.3 is 10.2 Å². The van der Waals surface area contributed by atoms with Crippen LogP contribution in [0.5, 0.6) is 0 Å². The lowest BCUT2D eigenvalue weighted by Gasteiger charge is -2.32. The van der Waals surface area contributed by atoms with E-state index < -0.39 is 10.0 Å². The molecule has 1 unspecified atom stereocenters. The van der Waals surface area contributed by atoms with Gasteiger partial charge in [0.1, 0.15) is 0 Å². The lowest BCUT2D eigenvalue weighted by molar-refractivity contribution is -0.126. The van der Waals surface area contributed by atoms with Crippen LogP contribution in [0, 0.1) is 17.2 Å². The molecule has 1 aromatic rings. The number of hydrogen-bond donors (Lipinski definition) is 2. The van der Waals surface area contributed by atoms with Crippen molar-refractivity contribution in [1.29, 1.82) is 5.26 Å². The predicted octanol–water partition coefficient (Wildman–Crippen LogP) is 2.43. The van der Waals surface area contributed by atoms with Gasteiger partial charge in [0.15, 0.2) is 0 Å². The topological polar surface area (TPSA) is 119 Å². The first-order chi connectivity index (χ1) is 14.9. The van der Waals surface area contributed by atoms with Gasteiger partial charge >= 0.3 is 0 Å². The molecule has 1 saturated heterocycles. The molecule has 0 aliphatic carbocycles. The molecule has 0 saturated carbocycles. The molecule has 1 heterocycles. The molecule has 2 rings (SSSR count). The van der Waals surface area contributed by atoms with Crippen LogP contribution in [0.3, 0.4) is 0 Å². The molecule has 0 bridgehead atoms. The number of benzene rings is 1. The lowest BCUT2D eigenvalue weighted by Crippen LogP contribution is -2.45. The van der Waals surface area contributed by atoms with Gasteiger partial charge in [-0.05, 0) is 43.5 Å². The van der Waals surface area contributed by atoms with E-state index in [4.69, 9.17) is 5.26 Å². The summed E-state index contributed by atoms with van der Waals surface area (Å²) in [5.41, 5.74) is 0.386. The molecular formula is C22H32N4O4S. The first kappa shape index (κ1) is 24.8. The van der Waals surface area contributed by atoms with Gasteiger partial charge in [0.05, 0.1) is 16.9 Å². The highest BCUT2D eigenvalue weighted by atomic mass is 32.2. The zero-order valence-electron chi connectivity index (χ0n) is 18.1. The Labute approximate surface area is 185 Å². The molecule has 1 aromatic carbocycles. The van der Waals surface area contributed by atoms with Gasteiger partial charge in [-0.15, -0.1) is 0 Å². The Hall–Kier alpha value is -2.44. The van der Waals surface area contributed by atoms with Crippen LogP contribution < -0.4 is 10.0 Å². The summed E-state index contributed by atoms with van der Waals surface area (Å²) >= 11 is 0. The van der Waals surface area contributed by atoms with Gasteiger partial charge in [0.2, 0.25) is 15.9 Å². The third-order valence-electron chi connectivity index (χ3n) is 5.35. The second-order valence-corrected chi connectivity index (χ2v) is 9.54. The van der Waals surface area contributed by atoms with E-state index in [0.717, 1.165) is 38.5 Å². The van der Waals surface area contributed by atoms with Gasteiger partial charge in [-0.25, -0.2) is 13.1 Å². The molecule has 1 aliphatic heterocycles. The molecular weight excluding hydrogens is 416 g/mol. The average Bonchev–Trinajstić information content (AvgIpc) is 2.78. The van der Waals surface area contributed by atoms with E-state index >= 15 is 0 Å². The van der Waals surface area contributed by atoms with E-state index in [-0.39, 0.29) is 35.6 Å². The number of sulfonamides is 1. The van der Waals surface area contributed by atoms with Crippen LogP contribution in [0.25, 0.3) is 0 Å². The van der Waals surface area contributed by atoms with Crippen LogP contribution in [-0.4, -0.2) is 51.3 Å². The van der Waals surface area contributed by atoms with Crippen molar-refractivity contribution in [3.63, 3.8) is 0 Å². The SMILES string of the molecule is CCCCCCNC(=O)C1CCCN(C(=O)c2ccc(S(=O)(=O)NCCC#N)cc2)C1. The van der Waals surface area contributed by atoms with Crippen LogP contribution in [0.1, 0.15) is 62.2 Å². The highest BCUT2D eigenvalue weighted by molar-refractivity contribution is 7.89. The van der Waals surface area contributed by atoms with E-state index in [2.05, 4.69) is 17.0 Å². The largest absolute Gasteiger partial charge is 0.356 e. The second kappa shape index (κ2) is 12.4. The molecule has 1 atom stereocenters. The summed E-state index contributed by atoms with van der Waals surface area (Å²) in [6, 6.07) is 7.61. The minimum Gasteiger partial charge on any atom is -0.356 e. The van der Waals surface area contributed by atoms with Crippen molar-refractivity contribution in [2.75, 3.05) is 26.2 Å². The number of rotatable bonds is 11. The van der Waals surface area contributed by atoms with E-state index in [0.29, 0.717) is 25.2 Å². The van der Waals surface area contributed by atoms with Crippen molar-refractivity contribution < 1.29 is 18.0 Å². The molecule has 31 heavy (non-hydrogen) atoms. The molecule has 9 heteroatoms. The summed E-state index contributed by atoms with van der Waals surface area (Å²) in [6.07, 6.45) is 5.99. The highest BCUT2D eigenvalue weighted by Crippen LogP contribution is 2.20. The van der Waals surface area contributed by atoms with Crippen LogP contribution >= 0.6 is 0 Å². The average molecular weight is 449 g/mol. The number of nitrogens with one attached hydrogen (secondary N) is 2. The van der Waals surface area contributed by atoms with Crippen molar-refractivity contribution >= 4 is 21.8 Å². The van der Waals surface area contributed by atoms with Crippen LogP contribution in [0.2, 0.25) is 0 Å². The molecule has 0 radical (unpaired) electrons. The normalized spacial score (nSPS) is 16.5. The van der Waals surface area contributed by atoms with Crippen molar-refractivity contribution in [3.8, 4) is 6.07 Å². The molecule has 0 spiro atoms. The number of hydrogen-bond acceptors (Lipinski definition) is 5. The molecule has 1 fully saturated rings. The number of amides is 2. The fraction of sp³-hybridized carbons (Fsp3) is 0.591. The lowest BCUT2D eigenvalue weighted by atomic mass is 9.96. The molecule has 0 aromatic heterocycles. The molecule has 8 nitrogen and oxygen atoms in total. The molecule has 2 N–H and O–H groups in total. The molecule has 2 amide bonds. The number of nitrogens with zero attached hydrogens (tertiary/aromatic N) is 2. The fourth-order valence-corrected chi connectivity index (χ4v) is 4.60. The number of likely N-dealkylation sites (tertiary alicyclic amines) is 1. The smallest absolute Gasteiger partial charge is 0.253 e. The standard InChI is InChI=1S/C22H32N4O4S/c1-2-3-4-5-14-24-21(27)19-8-6-16-26(17-19)22(28)18-9-11-20(12-10-18)31(29,30)25-15-7-13-23/h9-12,19,25H,2-8,14-17H2,1H3,(H,24,27). The van der Waals surface area contributed by atoms with E-state index in [1.165, 1.54) is 24.3 Å². The zero-order valence-corrected chi connectivity index (χ0v) is 18.9. The maximum Gasteiger partial charge on any atom is 0.253 e. The van der Waals surface area contributed by atoms with Gasteiger partial charge in [-0.1, -0.05) is 26.2 Å². The summed E-state index contributed by atoms with van der Waals surface area (Å²) in [5.74, 6) is -0.423. The molecule has 170 valence electrons. The molecule has 1 aliphatic rings. The van der Waals surface area contributed by atoms with Crippen LogP contribution in [0.4, 0.5) is 0 Å². The minimum absolute atomic E-state index is 0.00103. The van der Waals surface area contributed by atoms with Gasteiger partial charge in [0.25, 0.3) is 5.91 Å². The Morgan fingerprint density at radius 3 is 2.58 bits per heavy atom. The van der Waals surface area contributed by atoms with E-state index in [9.17, 15) is 18.0 Å². The minimum atomic E-state index is -3.71. The third kappa shape index (κ3) is 7.64. The quantitative estimate of drug-likeness (QED) is 0.504. The zero-order chi connectivity index (χ0) is 22.7. The van der Waals surface area contributed by atoms with E-state index in [1.54, 1.807) is 4.90 Å². The van der Waals surface area contributed by atoms with Gasteiger partial charge in [0, 0.05) is 38.2 Å².